The molecule has 1 aliphatic rings. The van der Waals surface area contributed by atoms with Gasteiger partial charge in [0.2, 0.25) is 5.91 Å². The molecule has 0 atom stereocenters. The Morgan fingerprint density at radius 1 is 1.19 bits per heavy atom. The van der Waals surface area contributed by atoms with Gasteiger partial charge in [0, 0.05) is 23.9 Å². The molecular weight excluding hydrogens is 360 g/mol. The maximum Gasteiger partial charge on any atom is 0.314 e. The Morgan fingerprint density at radius 2 is 1.81 bits per heavy atom. The molecule has 0 saturated carbocycles. The van der Waals surface area contributed by atoms with Gasteiger partial charge in [0.25, 0.3) is 0 Å². The van der Waals surface area contributed by atoms with Crippen LogP contribution in [0.5, 0.6) is 0 Å². The van der Waals surface area contributed by atoms with E-state index in [1.807, 2.05) is 35.7 Å². The van der Waals surface area contributed by atoms with Crippen LogP contribution < -0.4 is 0 Å². The second-order valence-electron chi connectivity index (χ2n) is 8.20. The molecule has 1 N–H and O–H groups in total. The standard InChI is InChI=1S/C21H26N2O3S/c1-20(2,3)18-22-16(14-27-18)13-17(24)23-11-9-21(10-12-23,19(25)26)15-7-5-4-6-8-15/h4-8,14H,9-13H2,1-3H3,(H,25,26). The number of nitrogens with zero attached hydrogens (tertiary/aromatic N) is 2. The first-order valence-electron chi connectivity index (χ1n) is 9.24. The van der Waals surface area contributed by atoms with Gasteiger partial charge in [-0.05, 0) is 18.4 Å². The number of carbonyl (C=O) groups is 2. The Morgan fingerprint density at radius 3 is 2.33 bits per heavy atom. The van der Waals surface area contributed by atoms with Crippen molar-refractivity contribution < 1.29 is 14.7 Å². The Labute approximate surface area is 164 Å². The van der Waals surface area contributed by atoms with Crippen LogP contribution in [0.25, 0.3) is 0 Å². The van der Waals surface area contributed by atoms with Gasteiger partial charge in [0.05, 0.1) is 22.5 Å². The van der Waals surface area contributed by atoms with Gasteiger partial charge in [0.15, 0.2) is 0 Å². The summed E-state index contributed by atoms with van der Waals surface area (Å²) in [7, 11) is 0. The largest absolute Gasteiger partial charge is 0.481 e. The SMILES string of the molecule is CC(C)(C)c1nc(CC(=O)N2CCC(C(=O)O)(c3ccccc3)CC2)cs1. The Bertz CT molecular complexity index is 815. The third kappa shape index (κ3) is 4.05. The molecule has 0 bridgehead atoms. The van der Waals surface area contributed by atoms with Gasteiger partial charge < -0.3 is 10.0 Å². The van der Waals surface area contributed by atoms with Crippen molar-refractivity contribution in [3.8, 4) is 0 Å². The number of carboxylic acid groups (broad SMARTS) is 1. The maximum atomic E-state index is 12.7. The van der Waals surface area contributed by atoms with Crippen molar-refractivity contribution in [2.45, 2.75) is 50.9 Å². The zero-order valence-corrected chi connectivity index (χ0v) is 16.9. The summed E-state index contributed by atoms with van der Waals surface area (Å²) in [5.41, 5.74) is 0.693. The fourth-order valence-corrected chi connectivity index (χ4v) is 4.43. The highest BCUT2D eigenvalue weighted by Gasteiger charge is 2.43. The summed E-state index contributed by atoms with van der Waals surface area (Å²) in [6.07, 6.45) is 1.14. The van der Waals surface area contributed by atoms with E-state index in [1.165, 1.54) is 0 Å². The minimum absolute atomic E-state index is 0.0200. The number of hydrogen-bond donors (Lipinski definition) is 1. The van der Waals surface area contributed by atoms with Crippen molar-refractivity contribution in [3.05, 3.63) is 52.0 Å². The number of likely N-dealkylation sites (tertiary alicyclic amines) is 1. The molecule has 1 saturated heterocycles. The molecule has 0 aliphatic carbocycles. The molecule has 5 nitrogen and oxygen atoms in total. The normalized spacial score (nSPS) is 16.9. The molecule has 0 unspecified atom stereocenters. The fraction of sp³-hybridized carbons (Fsp3) is 0.476. The van der Waals surface area contributed by atoms with Crippen LogP contribution in [0.15, 0.2) is 35.7 Å². The first-order valence-corrected chi connectivity index (χ1v) is 10.1. The molecule has 1 amide bonds. The fourth-order valence-electron chi connectivity index (χ4n) is 3.52. The second kappa shape index (κ2) is 7.43. The molecule has 0 radical (unpaired) electrons. The number of thiazole rings is 1. The molecule has 1 aliphatic heterocycles. The number of amides is 1. The number of carbonyl (C=O) groups excluding carboxylic acids is 1. The van der Waals surface area contributed by atoms with Gasteiger partial charge in [-0.15, -0.1) is 11.3 Å². The van der Waals surface area contributed by atoms with E-state index >= 15 is 0 Å². The molecule has 2 heterocycles. The van der Waals surface area contributed by atoms with Gasteiger partial charge >= 0.3 is 5.97 Å². The minimum atomic E-state index is -0.905. The van der Waals surface area contributed by atoms with E-state index in [2.05, 4.69) is 25.8 Å². The number of rotatable bonds is 4. The predicted octanol–water partition coefficient (Wildman–Crippen LogP) is 3.63. The van der Waals surface area contributed by atoms with Crippen LogP contribution in [0.3, 0.4) is 0 Å². The van der Waals surface area contributed by atoms with E-state index in [0.717, 1.165) is 16.3 Å². The number of benzene rings is 1. The van der Waals surface area contributed by atoms with Gasteiger partial charge in [-0.2, -0.15) is 0 Å². The first-order chi connectivity index (χ1) is 12.7. The summed E-state index contributed by atoms with van der Waals surface area (Å²) in [5.74, 6) is -0.789. The zero-order valence-electron chi connectivity index (χ0n) is 16.1. The van der Waals surface area contributed by atoms with Crippen LogP contribution >= 0.6 is 11.3 Å². The van der Waals surface area contributed by atoms with E-state index in [9.17, 15) is 14.7 Å². The van der Waals surface area contributed by atoms with E-state index in [4.69, 9.17) is 0 Å². The summed E-state index contributed by atoms with van der Waals surface area (Å²) in [6.45, 7) is 7.23. The number of carboxylic acids is 1. The van der Waals surface area contributed by atoms with Crippen LogP contribution in [0.4, 0.5) is 0 Å². The number of hydrogen-bond acceptors (Lipinski definition) is 4. The molecule has 1 aromatic heterocycles. The molecule has 144 valence electrons. The van der Waals surface area contributed by atoms with Crippen molar-refractivity contribution in [3.63, 3.8) is 0 Å². The van der Waals surface area contributed by atoms with Gasteiger partial charge in [-0.3, -0.25) is 9.59 Å². The van der Waals surface area contributed by atoms with Crippen LogP contribution in [0.2, 0.25) is 0 Å². The highest BCUT2D eigenvalue weighted by Crippen LogP contribution is 2.36. The monoisotopic (exact) mass is 386 g/mol. The van der Waals surface area contributed by atoms with Gasteiger partial charge in [-0.1, -0.05) is 51.1 Å². The van der Waals surface area contributed by atoms with Crippen LogP contribution in [-0.4, -0.2) is 40.0 Å². The maximum absolute atomic E-state index is 12.7. The van der Waals surface area contributed by atoms with E-state index in [-0.39, 0.29) is 17.7 Å². The lowest BCUT2D eigenvalue weighted by Gasteiger charge is -2.39. The van der Waals surface area contributed by atoms with E-state index in [1.54, 1.807) is 16.2 Å². The van der Waals surface area contributed by atoms with Gasteiger partial charge in [0.1, 0.15) is 0 Å². The number of aromatic nitrogens is 1. The topological polar surface area (TPSA) is 70.5 Å². The molecule has 27 heavy (non-hydrogen) atoms. The Hall–Kier alpha value is -2.21. The minimum Gasteiger partial charge on any atom is -0.481 e. The highest BCUT2D eigenvalue weighted by atomic mass is 32.1. The third-order valence-corrected chi connectivity index (χ3v) is 6.55. The molecule has 1 fully saturated rings. The van der Waals surface area contributed by atoms with Crippen LogP contribution in [0.1, 0.15) is 49.9 Å². The van der Waals surface area contributed by atoms with Crippen molar-refractivity contribution in [2.24, 2.45) is 0 Å². The molecule has 6 heteroatoms. The Balaban J connectivity index is 1.67. The lowest BCUT2D eigenvalue weighted by molar-refractivity contribution is -0.148. The highest BCUT2D eigenvalue weighted by molar-refractivity contribution is 7.09. The quantitative estimate of drug-likeness (QED) is 0.871. The van der Waals surface area contributed by atoms with Crippen molar-refractivity contribution >= 4 is 23.2 Å². The summed E-state index contributed by atoms with van der Waals surface area (Å²) in [5, 5.41) is 12.8. The lowest BCUT2D eigenvalue weighted by atomic mass is 9.73. The third-order valence-electron chi connectivity index (χ3n) is 5.23. The number of aliphatic carboxylic acids is 1. The van der Waals surface area contributed by atoms with Crippen LogP contribution in [-0.2, 0) is 26.8 Å². The lowest BCUT2D eigenvalue weighted by Crippen LogP contribution is -2.49. The summed E-state index contributed by atoms with van der Waals surface area (Å²) < 4.78 is 0. The molecule has 3 rings (SSSR count). The molecule has 0 spiro atoms. The average Bonchev–Trinajstić information content (AvgIpc) is 3.11. The Kier molecular flexibility index (Phi) is 5.38. The molecular formula is C21H26N2O3S. The number of piperidine rings is 1. The predicted molar refractivity (Wildman–Crippen MR) is 106 cm³/mol. The van der Waals surface area contributed by atoms with E-state index < -0.39 is 11.4 Å². The van der Waals surface area contributed by atoms with E-state index in [0.29, 0.717) is 25.9 Å². The van der Waals surface area contributed by atoms with Crippen molar-refractivity contribution in [1.29, 1.82) is 0 Å². The second-order valence-corrected chi connectivity index (χ2v) is 9.06. The first kappa shape index (κ1) is 19.5. The summed E-state index contributed by atoms with van der Waals surface area (Å²) in [6, 6.07) is 9.36. The van der Waals surface area contributed by atoms with Crippen molar-refractivity contribution in [1.82, 2.24) is 9.88 Å². The summed E-state index contributed by atoms with van der Waals surface area (Å²) in [4.78, 5) is 31.1. The van der Waals surface area contributed by atoms with Crippen molar-refractivity contribution in [2.75, 3.05) is 13.1 Å². The summed E-state index contributed by atoms with van der Waals surface area (Å²) >= 11 is 1.59. The van der Waals surface area contributed by atoms with Crippen LogP contribution in [0, 0.1) is 0 Å². The average molecular weight is 387 g/mol. The molecule has 1 aromatic carbocycles. The smallest absolute Gasteiger partial charge is 0.314 e. The zero-order chi connectivity index (χ0) is 19.7. The molecule has 2 aromatic rings. The van der Waals surface area contributed by atoms with Gasteiger partial charge in [-0.25, -0.2) is 4.98 Å².